The first-order chi connectivity index (χ1) is 9.93. The summed E-state index contributed by atoms with van der Waals surface area (Å²) in [6.45, 7) is 0. The van der Waals surface area contributed by atoms with Gasteiger partial charge in [-0.25, -0.2) is 0 Å². The van der Waals surface area contributed by atoms with Gasteiger partial charge in [0.15, 0.2) is 0 Å². The molecule has 20 heavy (non-hydrogen) atoms. The van der Waals surface area contributed by atoms with Gasteiger partial charge in [0.25, 0.3) is 0 Å². The highest BCUT2D eigenvalue weighted by Gasteiger charge is 2.27. The van der Waals surface area contributed by atoms with Crippen LogP contribution in [-0.2, 0) is 0 Å². The maximum absolute atomic E-state index is 4.03. The number of rotatable bonds is 4. The van der Waals surface area contributed by atoms with E-state index >= 15 is 0 Å². The molecule has 1 saturated carbocycles. The first-order valence-corrected chi connectivity index (χ1v) is 9.48. The monoisotopic (exact) mass is 289 g/mol. The first kappa shape index (κ1) is 14.5. The van der Waals surface area contributed by atoms with Crippen LogP contribution in [0.5, 0.6) is 0 Å². The van der Waals surface area contributed by atoms with Gasteiger partial charge in [-0.05, 0) is 48.7 Å². The Morgan fingerprint density at radius 2 is 1.60 bits per heavy atom. The molecule has 1 heterocycles. The summed E-state index contributed by atoms with van der Waals surface area (Å²) >= 11 is 2.12. The van der Waals surface area contributed by atoms with Gasteiger partial charge in [-0.2, -0.15) is 11.8 Å². The molecule has 1 N–H and O–H groups in total. The summed E-state index contributed by atoms with van der Waals surface area (Å²) in [4.78, 5) is 0. The van der Waals surface area contributed by atoms with Gasteiger partial charge in [-0.15, -0.1) is 0 Å². The molecule has 2 aliphatic rings. The van der Waals surface area contributed by atoms with E-state index in [4.69, 9.17) is 0 Å². The molecule has 0 radical (unpaired) electrons. The van der Waals surface area contributed by atoms with Crippen molar-refractivity contribution >= 4 is 11.8 Å². The number of nitrogens with one attached hydrogen (secondary N) is 1. The summed E-state index contributed by atoms with van der Waals surface area (Å²) in [5, 5.41) is 4.03. The minimum Gasteiger partial charge on any atom is -0.307 e. The van der Waals surface area contributed by atoms with Gasteiger partial charge in [0.2, 0.25) is 0 Å². The van der Waals surface area contributed by atoms with Crippen LogP contribution in [-0.4, -0.2) is 17.5 Å². The van der Waals surface area contributed by atoms with E-state index in [-0.39, 0.29) is 0 Å². The lowest BCUT2D eigenvalue weighted by Gasteiger charge is -2.35. The van der Waals surface area contributed by atoms with Crippen molar-refractivity contribution in [1.82, 2.24) is 5.32 Å². The van der Waals surface area contributed by atoms with Crippen molar-refractivity contribution in [2.45, 2.75) is 57.0 Å². The summed E-state index contributed by atoms with van der Waals surface area (Å²) in [5.41, 5.74) is 1.51. The molecule has 1 aromatic rings. The van der Waals surface area contributed by atoms with Gasteiger partial charge in [-0.3, -0.25) is 0 Å². The van der Waals surface area contributed by atoms with Crippen molar-refractivity contribution in [1.29, 1.82) is 0 Å². The Balaban J connectivity index is 1.72. The van der Waals surface area contributed by atoms with Crippen LogP contribution in [0, 0.1) is 5.92 Å². The highest BCUT2D eigenvalue weighted by atomic mass is 32.2. The largest absolute Gasteiger partial charge is 0.307 e. The van der Waals surface area contributed by atoms with Crippen LogP contribution in [0.15, 0.2) is 30.3 Å². The van der Waals surface area contributed by atoms with E-state index in [0.29, 0.717) is 6.04 Å². The van der Waals surface area contributed by atoms with Crippen LogP contribution >= 0.6 is 11.8 Å². The SMILES string of the molecule is c1ccc(C(NC2CCSCC2)C2CCCCC2)cc1. The van der Waals surface area contributed by atoms with Crippen molar-refractivity contribution in [3.05, 3.63) is 35.9 Å². The van der Waals surface area contributed by atoms with Crippen LogP contribution in [0.1, 0.15) is 56.6 Å². The maximum Gasteiger partial charge on any atom is 0.0351 e. The predicted octanol–water partition coefficient (Wildman–Crippen LogP) is 4.79. The van der Waals surface area contributed by atoms with E-state index in [2.05, 4.69) is 47.4 Å². The maximum atomic E-state index is 4.03. The molecule has 0 aromatic heterocycles. The fourth-order valence-electron chi connectivity index (χ4n) is 3.75. The van der Waals surface area contributed by atoms with Gasteiger partial charge in [0.05, 0.1) is 0 Å². The smallest absolute Gasteiger partial charge is 0.0351 e. The first-order valence-electron chi connectivity index (χ1n) is 8.32. The van der Waals surface area contributed by atoms with E-state index in [0.717, 1.165) is 12.0 Å². The topological polar surface area (TPSA) is 12.0 Å². The van der Waals surface area contributed by atoms with Gasteiger partial charge < -0.3 is 5.32 Å². The van der Waals surface area contributed by atoms with Crippen molar-refractivity contribution in [3.8, 4) is 0 Å². The molecule has 1 nitrogen and oxygen atoms in total. The van der Waals surface area contributed by atoms with Crippen molar-refractivity contribution < 1.29 is 0 Å². The van der Waals surface area contributed by atoms with Gasteiger partial charge >= 0.3 is 0 Å². The zero-order chi connectivity index (χ0) is 13.6. The van der Waals surface area contributed by atoms with E-state index < -0.39 is 0 Å². The molecule has 1 unspecified atom stereocenters. The minimum atomic E-state index is 0.588. The molecule has 0 spiro atoms. The van der Waals surface area contributed by atoms with Crippen LogP contribution in [0.25, 0.3) is 0 Å². The van der Waals surface area contributed by atoms with Gasteiger partial charge in [0, 0.05) is 12.1 Å². The standard InChI is InChI=1S/C18H27NS/c1-3-7-15(8-4-1)18(16-9-5-2-6-10-16)19-17-11-13-20-14-12-17/h1,3-4,7-8,16-19H,2,5-6,9-14H2. The Morgan fingerprint density at radius 3 is 2.30 bits per heavy atom. The normalized spacial score (nSPS) is 23.6. The second kappa shape index (κ2) is 7.51. The summed E-state index contributed by atoms with van der Waals surface area (Å²) in [6.07, 6.45) is 9.81. The fraction of sp³-hybridized carbons (Fsp3) is 0.667. The molecule has 110 valence electrons. The lowest BCUT2D eigenvalue weighted by molar-refractivity contribution is 0.249. The van der Waals surface area contributed by atoms with Crippen LogP contribution in [0.4, 0.5) is 0 Å². The lowest BCUT2D eigenvalue weighted by atomic mass is 9.80. The predicted molar refractivity (Wildman–Crippen MR) is 89.2 cm³/mol. The quantitative estimate of drug-likeness (QED) is 0.855. The van der Waals surface area contributed by atoms with E-state index in [9.17, 15) is 0 Å². The molecule has 2 fully saturated rings. The molecule has 3 rings (SSSR count). The second-order valence-electron chi connectivity index (χ2n) is 6.34. The highest BCUT2D eigenvalue weighted by Crippen LogP contribution is 2.35. The van der Waals surface area contributed by atoms with E-state index in [1.807, 2.05) is 0 Å². The second-order valence-corrected chi connectivity index (χ2v) is 7.56. The molecule has 1 aliphatic heterocycles. The number of benzene rings is 1. The Morgan fingerprint density at radius 1 is 0.900 bits per heavy atom. The van der Waals surface area contributed by atoms with E-state index in [1.54, 1.807) is 0 Å². The van der Waals surface area contributed by atoms with Crippen molar-refractivity contribution in [2.75, 3.05) is 11.5 Å². The van der Waals surface area contributed by atoms with Crippen LogP contribution in [0.3, 0.4) is 0 Å². The number of thioether (sulfide) groups is 1. The minimum absolute atomic E-state index is 0.588. The third kappa shape index (κ3) is 3.79. The zero-order valence-corrected chi connectivity index (χ0v) is 13.2. The Kier molecular flexibility index (Phi) is 5.43. The summed E-state index contributed by atoms with van der Waals surface area (Å²) in [5.74, 6) is 3.52. The molecule has 1 atom stereocenters. The van der Waals surface area contributed by atoms with E-state index in [1.165, 1.54) is 62.0 Å². The molecule has 1 aliphatic carbocycles. The molecule has 2 heteroatoms. The lowest BCUT2D eigenvalue weighted by Crippen LogP contribution is -2.39. The average molecular weight is 289 g/mol. The summed E-state index contributed by atoms with van der Waals surface area (Å²) in [7, 11) is 0. The zero-order valence-electron chi connectivity index (χ0n) is 12.4. The summed E-state index contributed by atoms with van der Waals surface area (Å²) < 4.78 is 0. The fourth-order valence-corrected chi connectivity index (χ4v) is 4.86. The van der Waals surface area contributed by atoms with Gasteiger partial charge in [0.1, 0.15) is 0 Å². The van der Waals surface area contributed by atoms with Crippen molar-refractivity contribution in [2.24, 2.45) is 5.92 Å². The highest BCUT2D eigenvalue weighted by molar-refractivity contribution is 7.99. The van der Waals surface area contributed by atoms with Crippen LogP contribution in [0.2, 0.25) is 0 Å². The Hall–Kier alpha value is -0.470. The molecule has 1 aromatic carbocycles. The number of hydrogen-bond donors (Lipinski definition) is 1. The average Bonchev–Trinajstić information content (AvgIpc) is 2.55. The Labute approximate surface area is 127 Å². The molecule has 0 bridgehead atoms. The van der Waals surface area contributed by atoms with Gasteiger partial charge in [-0.1, -0.05) is 49.6 Å². The number of hydrogen-bond acceptors (Lipinski definition) is 2. The molecule has 0 amide bonds. The van der Waals surface area contributed by atoms with Crippen LogP contribution < -0.4 is 5.32 Å². The van der Waals surface area contributed by atoms with Crippen molar-refractivity contribution in [3.63, 3.8) is 0 Å². The molecular formula is C18H27NS. The Bertz CT molecular complexity index is 380. The summed E-state index contributed by atoms with van der Waals surface area (Å²) in [6, 6.07) is 12.5. The molecule has 1 saturated heterocycles. The molecular weight excluding hydrogens is 262 g/mol. The third-order valence-corrected chi connectivity index (χ3v) is 5.97. The third-order valence-electron chi connectivity index (χ3n) is 4.92.